The Bertz CT molecular complexity index is 1120. The number of hydrogen-bond acceptors (Lipinski definition) is 5. The summed E-state index contributed by atoms with van der Waals surface area (Å²) in [4.78, 5) is 23.3. The van der Waals surface area contributed by atoms with Crippen LogP contribution in [0, 0.1) is 29.8 Å². The molecule has 0 saturated heterocycles. The summed E-state index contributed by atoms with van der Waals surface area (Å²) in [5, 5.41) is 22.4. The molecule has 1 atom stereocenters. The summed E-state index contributed by atoms with van der Waals surface area (Å²) in [6.07, 6.45) is 1.43. The molecule has 0 saturated carbocycles. The fourth-order valence-corrected chi connectivity index (χ4v) is 3.46. The van der Waals surface area contributed by atoms with E-state index in [0.29, 0.717) is 0 Å². The Kier molecular flexibility index (Phi) is 6.09. The van der Waals surface area contributed by atoms with Crippen molar-refractivity contribution in [3.63, 3.8) is 0 Å². The molecule has 0 radical (unpaired) electrons. The Morgan fingerprint density at radius 2 is 2.00 bits per heavy atom. The van der Waals surface area contributed by atoms with Gasteiger partial charge < -0.3 is 5.32 Å². The number of carbonyl (C=O) groups is 1. The monoisotopic (exact) mass is 454 g/mol. The third-order valence-corrected chi connectivity index (χ3v) is 5.19. The molecule has 12 heteroatoms. The summed E-state index contributed by atoms with van der Waals surface area (Å²) in [6.45, 7) is 4.57. The minimum Gasteiger partial charge on any atom is -0.306 e. The van der Waals surface area contributed by atoms with Gasteiger partial charge in [0.25, 0.3) is 0 Å². The molecule has 1 aromatic carbocycles. The number of nitro groups is 1. The van der Waals surface area contributed by atoms with Crippen LogP contribution in [0.3, 0.4) is 0 Å². The molecule has 3 rings (SSSR count). The first-order valence-corrected chi connectivity index (χ1v) is 9.52. The first kappa shape index (κ1) is 21.7. The quantitative estimate of drug-likeness (QED) is 0.441. The highest BCUT2D eigenvalue weighted by atomic mass is 35.5. The number of aromatic nitrogens is 4. The summed E-state index contributed by atoms with van der Waals surface area (Å²) >= 11 is 12.2. The van der Waals surface area contributed by atoms with E-state index in [1.54, 1.807) is 13.0 Å². The van der Waals surface area contributed by atoms with Gasteiger partial charge in [-0.3, -0.25) is 24.3 Å². The average Bonchev–Trinajstić information content (AvgIpc) is 3.16. The van der Waals surface area contributed by atoms with Crippen molar-refractivity contribution in [1.29, 1.82) is 0 Å². The predicted molar refractivity (Wildman–Crippen MR) is 109 cm³/mol. The molecule has 0 aliphatic rings. The Morgan fingerprint density at radius 3 is 2.60 bits per heavy atom. The Balaban J connectivity index is 1.79. The van der Waals surface area contributed by atoms with Crippen molar-refractivity contribution < 1.29 is 14.1 Å². The first-order valence-electron chi connectivity index (χ1n) is 8.77. The van der Waals surface area contributed by atoms with Gasteiger partial charge in [0, 0.05) is 16.8 Å². The van der Waals surface area contributed by atoms with Crippen LogP contribution in [0.5, 0.6) is 0 Å². The zero-order chi connectivity index (χ0) is 22.2. The van der Waals surface area contributed by atoms with E-state index in [2.05, 4.69) is 15.5 Å². The molecular formula is C18H17Cl2FN6O3. The normalized spacial score (nSPS) is 12.1. The highest BCUT2D eigenvalue weighted by molar-refractivity contribution is 6.33. The molecule has 1 unspecified atom stereocenters. The summed E-state index contributed by atoms with van der Waals surface area (Å²) in [5.74, 6) is -0.942. The van der Waals surface area contributed by atoms with Crippen LogP contribution in [-0.4, -0.2) is 30.4 Å². The molecule has 2 heterocycles. The lowest BCUT2D eigenvalue weighted by Gasteiger charge is -2.13. The van der Waals surface area contributed by atoms with Gasteiger partial charge in [-0.2, -0.15) is 10.2 Å². The molecule has 30 heavy (non-hydrogen) atoms. The number of amides is 1. The molecule has 3 aromatic rings. The van der Waals surface area contributed by atoms with Gasteiger partial charge in [-0.25, -0.2) is 4.39 Å². The van der Waals surface area contributed by atoms with Crippen molar-refractivity contribution in [2.45, 2.75) is 33.4 Å². The van der Waals surface area contributed by atoms with Crippen LogP contribution in [0.25, 0.3) is 0 Å². The summed E-state index contributed by atoms with van der Waals surface area (Å²) < 4.78 is 16.6. The van der Waals surface area contributed by atoms with Gasteiger partial charge in [0.05, 0.1) is 11.5 Å². The maximum atomic E-state index is 14.0. The molecular weight excluding hydrogens is 438 g/mol. The third-order valence-electron chi connectivity index (χ3n) is 4.56. The van der Waals surface area contributed by atoms with Crippen LogP contribution in [0.15, 0.2) is 24.4 Å². The maximum Gasteiger partial charge on any atom is 0.312 e. The van der Waals surface area contributed by atoms with Crippen LogP contribution in [-0.2, 0) is 11.3 Å². The summed E-state index contributed by atoms with van der Waals surface area (Å²) in [6, 6.07) is 3.47. The van der Waals surface area contributed by atoms with E-state index in [-0.39, 0.29) is 45.0 Å². The second-order valence-corrected chi connectivity index (χ2v) is 7.42. The van der Waals surface area contributed by atoms with Gasteiger partial charge >= 0.3 is 5.69 Å². The Hall–Kier alpha value is -2.98. The van der Waals surface area contributed by atoms with Crippen molar-refractivity contribution in [2.75, 3.05) is 5.32 Å². The molecule has 1 amide bonds. The minimum absolute atomic E-state index is 0.0142. The van der Waals surface area contributed by atoms with E-state index in [4.69, 9.17) is 23.2 Å². The number of hydrogen-bond donors (Lipinski definition) is 1. The van der Waals surface area contributed by atoms with Crippen molar-refractivity contribution >= 4 is 40.6 Å². The van der Waals surface area contributed by atoms with Gasteiger partial charge in [0.1, 0.15) is 28.3 Å². The average molecular weight is 455 g/mol. The zero-order valence-corrected chi connectivity index (χ0v) is 17.7. The third kappa shape index (κ3) is 4.14. The van der Waals surface area contributed by atoms with E-state index in [0.717, 1.165) is 0 Å². The highest BCUT2D eigenvalue weighted by Gasteiger charge is 2.27. The van der Waals surface area contributed by atoms with E-state index < -0.39 is 22.7 Å². The predicted octanol–water partition coefficient (Wildman–Crippen LogP) is 4.30. The smallest absolute Gasteiger partial charge is 0.306 e. The second-order valence-electron chi connectivity index (χ2n) is 6.61. The molecule has 0 spiro atoms. The maximum absolute atomic E-state index is 14.0. The number of nitrogens with one attached hydrogen (secondary N) is 1. The zero-order valence-electron chi connectivity index (χ0n) is 16.2. The van der Waals surface area contributed by atoms with Crippen LogP contribution in [0.1, 0.15) is 29.9 Å². The number of anilines is 1. The lowest BCUT2D eigenvalue weighted by molar-refractivity contribution is -0.386. The number of rotatable bonds is 6. The van der Waals surface area contributed by atoms with Crippen LogP contribution in [0.4, 0.5) is 15.9 Å². The van der Waals surface area contributed by atoms with Gasteiger partial charge in [-0.05, 0) is 32.9 Å². The highest BCUT2D eigenvalue weighted by Crippen LogP contribution is 2.27. The second kappa shape index (κ2) is 8.41. The lowest BCUT2D eigenvalue weighted by atomic mass is 10.2. The topological polar surface area (TPSA) is 108 Å². The number of benzene rings is 1. The molecule has 0 aliphatic heterocycles. The number of halogens is 3. The minimum atomic E-state index is -0.861. The van der Waals surface area contributed by atoms with Gasteiger partial charge in [0.15, 0.2) is 5.82 Å². The van der Waals surface area contributed by atoms with E-state index in [1.165, 1.54) is 41.5 Å². The van der Waals surface area contributed by atoms with Gasteiger partial charge in [-0.15, -0.1) is 0 Å². The largest absolute Gasteiger partial charge is 0.312 e. The van der Waals surface area contributed by atoms with Crippen LogP contribution < -0.4 is 5.32 Å². The van der Waals surface area contributed by atoms with E-state index in [9.17, 15) is 19.3 Å². The first-order chi connectivity index (χ1) is 14.1. The van der Waals surface area contributed by atoms with Crippen molar-refractivity contribution in [3.8, 4) is 0 Å². The molecule has 158 valence electrons. The van der Waals surface area contributed by atoms with Crippen molar-refractivity contribution in [2.24, 2.45) is 0 Å². The SMILES string of the molecule is Cc1nn(C(C)C(=O)Nc2nn(Cc3c(F)cccc3Cl)cc2Cl)c(C)c1[N+](=O)[O-]. The molecule has 9 nitrogen and oxygen atoms in total. The molecule has 0 aliphatic carbocycles. The fourth-order valence-electron chi connectivity index (χ4n) is 3.04. The molecule has 0 bridgehead atoms. The molecule has 1 N–H and O–H groups in total. The summed E-state index contributed by atoms with van der Waals surface area (Å²) in [7, 11) is 0. The molecule has 0 fully saturated rings. The van der Waals surface area contributed by atoms with E-state index >= 15 is 0 Å². The number of aryl methyl sites for hydroxylation is 1. The Morgan fingerprint density at radius 1 is 1.30 bits per heavy atom. The van der Waals surface area contributed by atoms with Crippen LogP contribution in [0.2, 0.25) is 10.0 Å². The lowest BCUT2D eigenvalue weighted by Crippen LogP contribution is -2.25. The van der Waals surface area contributed by atoms with Crippen molar-refractivity contribution in [1.82, 2.24) is 19.6 Å². The van der Waals surface area contributed by atoms with Crippen LogP contribution >= 0.6 is 23.2 Å². The van der Waals surface area contributed by atoms with E-state index in [1.807, 2.05) is 0 Å². The fraction of sp³-hybridized carbons (Fsp3) is 0.278. The van der Waals surface area contributed by atoms with Gasteiger partial charge in [-0.1, -0.05) is 29.3 Å². The van der Waals surface area contributed by atoms with Gasteiger partial charge in [0.2, 0.25) is 5.91 Å². The van der Waals surface area contributed by atoms with Crippen molar-refractivity contribution in [3.05, 3.63) is 67.3 Å². The number of nitrogens with zero attached hydrogens (tertiary/aromatic N) is 5. The Labute approximate surface area is 180 Å². The molecule has 2 aromatic heterocycles. The number of carbonyl (C=O) groups excluding carboxylic acids is 1. The standard InChI is InChI=1S/C18H17Cl2FN6O3/c1-9-16(27(29)30)10(2)26(23-9)11(3)18(28)22-17-14(20)8-25(24-17)7-12-13(19)5-4-6-15(12)21/h4-6,8,11H,7H2,1-3H3,(H,22,24,28). The summed E-state index contributed by atoms with van der Waals surface area (Å²) in [5.41, 5.74) is 0.561.